The number of fused-ring (bicyclic) bond motifs is 1. The predicted molar refractivity (Wildman–Crippen MR) is 121 cm³/mol. The molecule has 0 saturated carbocycles. The van der Waals surface area contributed by atoms with Gasteiger partial charge in [-0.3, -0.25) is 14.2 Å². The first-order chi connectivity index (χ1) is 14.5. The Hall–Kier alpha value is -3.29. The molecule has 150 valence electrons. The fraction of sp³-hybridized carbons (Fsp3) is 0.0909. The first-order valence-corrected chi connectivity index (χ1v) is 10.4. The number of amides is 1. The number of nitrogens with zero attached hydrogens (tertiary/aromatic N) is 3. The second-order valence-corrected chi connectivity index (χ2v) is 7.95. The SMILES string of the molecule is Cc1ccc(-c2csc3ncn(CC(=O)N/N=C/c4ccccc4Cl)c(=O)c23)cc1. The van der Waals surface area contributed by atoms with Crippen LogP contribution in [0.1, 0.15) is 11.1 Å². The van der Waals surface area contributed by atoms with Gasteiger partial charge in [0.25, 0.3) is 11.5 Å². The monoisotopic (exact) mass is 436 g/mol. The Morgan fingerprint density at radius 3 is 2.77 bits per heavy atom. The zero-order valence-electron chi connectivity index (χ0n) is 16.0. The van der Waals surface area contributed by atoms with E-state index in [1.807, 2.05) is 48.7 Å². The number of benzene rings is 2. The summed E-state index contributed by atoms with van der Waals surface area (Å²) in [5.41, 5.74) is 5.74. The predicted octanol–water partition coefficient (Wildman–Crippen LogP) is 4.24. The van der Waals surface area contributed by atoms with Crippen molar-refractivity contribution < 1.29 is 4.79 Å². The lowest BCUT2D eigenvalue weighted by molar-refractivity contribution is -0.121. The van der Waals surface area contributed by atoms with Crippen molar-refractivity contribution in [1.82, 2.24) is 15.0 Å². The summed E-state index contributed by atoms with van der Waals surface area (Å²) in [6.07, 6.45) is 2.84. The van der Waals surface area contributed by atoms with E-state index in [0.29, 0.717) is 20.8 Å². The van der Waals surface area contributed by atoms with Crippen LogP contribution in [-0.2, 0) is 11.3 Å². The van der Waals surface area contributed by atoms with Gasteiger partial charge in [-0.05, 0) is 18.6 Å². The van der Waals surface area contributed by atoms with Gasteiger partial charge in [-0.1, -0.05) is 59.6 Å². The highest BCUT2D eigenvalue weighted by atomic mass is 35.5. The molecule has 0 aliphatic carbocycles. The van der Waals surface area contributed by atoms with E-state index in [1.165, 1.54) is 28.4 Å². The normalized spacial score (nSPS) is 11.3. The molecule has 0 bridgehead atoms. The van der Waals surface area contributed by atoms with E-state index in [-0.39, 0.29) is 12.1 Å². The molecule has 2 aromatic heterocycles. The Bertz CT molecular complexity index is 1310. The Morgan fingerprint density at radius 2 is 2.00 bits per heavy atom. The minimum absolute atomic E-state index is 0.190. The van der Waals surface area contributed by atoms with E-state index in [2.05, 4.69) is 15.5 Å². The van der Waals surface area contributed by atoms with Crippen molar-refractivity contribution in [2.45, 2.75) is 13.5 Å². The summed E-state index contributed by atoms with van der Waals surface area (Å²) in [4.78, 5) is 30.3. The highest BCUT2D eigenvalue weighted by Gasteiger charge is 2.14. The maximum Gasteiger partial charge on any atom is 0.263 e. The van der Waals surface area contributed by atoms with Crippen molar-refractivity contribution in [3.05, 3.63) is 86.7 Å². The van der Waals surface area contributed by atoms with Gasteiger partial charge in [-0.25, -0.2) is 10.4 Å². The molecule has 0 aliphatic rings. The van der Waals surface area contributed by atoms with E-state index >= 15 is 0 Å². The summed E-state index contributed by atoms with van der Waals surface area (Å²) < 4.78 is 1.28. The van der Waals surface area contributed by atoms with Gasteiger partial charge < -0.3 is 0 Å². The average molecular weight is 437 g/mol. The van der Waals surface area contributed by atoms with Gasteiger partial charge in [0, 0.05) is 21.5 Å². The first-order valence-electron chi connectivity index (χ1n) is 9.13. The van der Waals surface area contributed by atoms with Gasteiger partial charge in [-0.2, -0.15) is 5.10 Å². The standard InChI is InChI=1S/C22H17ClN4O2S/c1-14-6-8-15(9-7-14)17-12-30-21-20(17)22(29)27(13-24-21)11-19(28)26-25-10-16-4-2-3-5-18(16)23/h2-10,12-13H,11H2,1H3,(H,26,28)/b25-10+. The fourth-order valence-corrected chi connectivity index (χ4v) is 4.06. The van der Waals surface area contributed by atoms with Crippen LogP contribution in [0.2, 0.25) is 5.02 Å². The summed E-state index contributed by atoms with van der Waals surface area (Å²) in [6.45, 7) is 1.82. The third-order valence-corrected chi connectivity index (χ3v) is 5.77. The zero-order chi connectivity index (χ0) is 21.1. The number of rotatable bonds is 5. The van der Waals surface area contributed by atoms with E-state index in [9.17, 15) is 9.59 Å². The second kappa shape index (κ2) is 8.61. The lowest BCUT2D eigenvalue weighted by Crippen LogP contribution is -2.30. The number of thiophene rings is 1. The Morgan fingerprint density at radius 1 is 1.23 bits per heavy atom. The summed E-state index contributed by atoms with van der Waals surface area (Å²) >= 11 is 7.46. The van der Waals surface area contributed by atoms with E-state index in [0.717, 1.165) is 16.7 Å². The van der Waals surface area contributed by atoms with Gasteiger partial charge in [-0.15, -0.1) is 11.3 Å². The molecule has 6 nitrogen and oxygen atoms in total. The molecular formula is C22H17ClN4O2S. The van der Waals surface area contributed by atoms with Crippen LogP contribution >= 0.6 is 22.9 Å². The molecule has 0 fully saturated rings. The number of aryl methyl sites for hydroxylation is 1. The quantitative estimate of drug-likeness (QED) is 0.375. The third kappa shape index (κ3) is 4.17. The largest absolute Gasteiger partial charge is 0.289 e. The zero-order valence-corrected chi connectivity index (χ0v) is 17.6. The van der Waals surface area contributed by atoms with Crippen molar-refractivity contribution in [2.75, 3.05) is 0 Å². The number of carbonyl (C=O) groups excluding carboxylic acids is 1. The van der Waals surface area contributed by atoms with Crippen molar-refractivity contribution in [1.29, 1.82) is 0 Å². The number of aromatic nitrogens is 2. The molecule has 0 saturated heterocycles. The van der Waals surface area contributed by atoms with Crippen LogP contribution in [0.5, 0.6) is 0 Å². The highest BCUT2D eigenvalue weighted by Crippen LogP contribution is 2.30. The highest BCUT2D eigenvalue weighted by molar-refractivity contribution is 7.17. The van der Waals surface area contributed by atoms with Crippen molar-refractivity contribution in [2.24, 2.45) is 5.10 Å². The van der Waals surface area contributed by atoms with Gasteiger partial charge >= 0.3 is 0 Å². The number of hydrazone groups is 1. The van der Waals surface area contributed by atoms with Crippen molar-refractivity contribution in [3.8, 4) is 11.1 Å². The third-order valence-electron chi connectivity index (χ3n) is 4.54. The fourth-order valence-electron chi connectivity index (χ4n) is 2.97. The van der Waals surface area contributed by atoms with Gasteiger partial charge in [0.05, 0.1) is 17.9 Å². The number of hydrogen-bond donors (Lipinski definition) is 1. The molecule has 2 aromatic carbocycles. The van der Waals surface area contributed by atoms with Gasteiger partial charge in [0.2, 0.25) is 0 Å². The molecule has 2 heterocycles. The molecule has 0 radical (unpaired) electrons. The average Bonchev–Trinajstić information content (AvgIpc) is 3.17. The summed E-state index contributed by atoms with van der Waals surface area (Å²) in [7, 11) is 0. The van der Waals surface area contributed by atoms with E-state index in [4.69, 9.17) is 11.6 Å². The minimum atomic E-state index is -0.436. The first kappa shape index (κ1) is 20.0. The molecule has 4 rings (SSSR count). The second-order valence-electron chi connectivity index (χ2n) is 6.69. The van der Waals surface area contributed by atoms with Crippen LogP contribution in [0.3, 0.4) is 0 Å². The van der Waals surface area contributed by atoms with Crippen molar-refractivity contribution in [3.63, 3.8) is 0 Å². The molecular weight excluding hydrogens is 420 g/mol. The van der Waals surface area contributed by atoms with Gasteiger partial charge in [0.1, 0.15) is 11.4 Å². The molecule has 0 atom stereocenters. The number of carbonyl (C=O) groups is 1. The molecule has 0 unspecified atom stereocenters. The lowest BCUT2D eigenvalue weighted by Gasteiger charge is -2.06. The molecule has 4 aromatic rings. The molecule has 0 spiro atoms. The van der Waals surface area contributed by atoms with E-state index < -0.39 is 5.91 Å². The van der Waals surface area contributed by atoms with Crippen molar-refractivity contribution >= 4 is 45.3 Å². The van der Waals surface area contributed by atoms with Crippen LogP contribution in [0, 0.1) is 6.92 Å². The molecule has 8 heteroatoms. The maximum absolute atomic E-state index is 13.0. The molecule has 30 heavy (non-hydrogen) atoms. The topological polar surface area (TPSA) is 76.3 Å². The summed E-state index contributed by atoms with van der Waals surface area (Å²) in [5, 5.41) is 6.87. The number of halogens is 1. The molecule has 1 amide bonds. The van der Waals surface area contributed by atoms with Crippen LogP contribution < -0.4 is 11.0 Å². The van der Waals surface area contributed by atoms with Crippen LogP contribution in [-0.4, -0.2) is 21.7 Å². The van der Waals surface area contributed by atoms with E-state index in [1.54, 1.807) is 12.1 Å². The summed E-state index contributed by atoms with van der Waals surface area (Å²) in [5.74, 6) is -0.436. The van der Waals surface area contributed by atoms with Crippen LogP contribution in [0.25, 0.3) is 21.3 Å². The van der Waals surface area contributed by atoms with Crippen LogP contribution in [0.15, 0.2) is 70.1 Å². The van der Waals surface area contributed by atoms with Crippen LogP contribution in [0.4, 0.5) is 0 Å². The number of nitrogens with one attached hydrogen (secondary N) is 1. The smallest absolute Gasteiger partial charge is 0.263 e. The number of hydrogen-bond acceptors (Lipinski definition) is 5. The Balaban J connectivity index is 1.56. The molecule has 0 aliphatic heterocycles. The maximum atomic E-state index is 13.0. The Kier molecular flexibility index (Phi) is 5.74. The molecule has 1 N–H and O–H groups in total. The minimum Gasteiger partial charge on any atom is -0.289 e. The summed E-state index contributed by atoms with van der Waals surface area (Å²) in [6, 6.07) is 15.1. The Labute approximate surface area is 181 Å². The lowest BCUT2D eigenvalue weighted by atomic mass is 10.1. The van der Waals surface area contributed by atoms with Gasteiger partial charge in [0.15, 0.2) is 0 Å².